The number of nitrogens with zero attached hydrogens (tertiary/aromatic N) is 2. The largest absolute Gasteiger partial charge is 0.433 e. The Labute approximate surface area is 155 Å². The highest BCUT2D eigenvalue weighted by atomic mass is 19.4. The standard InChI is InChI=1S/C19H22F3N3O2/c1-17(2)11-14(18(3,4)27-17)24-16(26)12-6-5-7-13(10-12)25-15(8-9-23-25)19(20,21)22/h5-10,14H,11H2,1-4H3,(H,24,26). The van der Waals surface area contributed by atoms with Crippen molar-refractivity contribution in [2.24, 2.45) is 0 Å². The second-order valence-electron chi connectivity index (χ2n) is 7.87. The van der Waals surface area contributed by atoms with E-state index in [1.165, 1.54) is 18.2 Å². The van der Waals surface area contributed by atoms with E-state index in [1.54, 1.807) is 6.07 Å². The van der Waals surface area contributed by atoms with Crippen LogP contribution in [-0.4, -0.2) is 32.9 Å². The molecule has 146 valence electrons. The second-order valence-corrected chi connectivity index (χ2v) is 7.87. The maximum atomic E-state index is 13.1. The number of rotatable bonds is 3. The van der Waals surface area contributed by atoms with Crippen molar-refractivity contribution in [3.05, 3.63) is 47.8 Å². The van der Waals surface area contributed by atoms with E-state index in [1.807, 2.05) is 27.7 Å². The number of aromatic nitrogens is 2. The van der Waals surface area contributed by atoms with E-state index in [2.05, 4.69) is 10.4 Å². The number of hydrogen-bond acceptors (Lipinski definition) is 3. The van der Waals surface area contributed by atoms with E-state index < -0.39 is 17.5 Å². The average molecular weight is 381 g/mol. The number of carbonyl (C=O) groups excluding carboxylic acids is 1. The van der Waals surface area contributed by atoms with Gasteiger partial charge in [-0.05, 0) is 58.4 Å². The molecule has 3 rings (SSSR count). The van der Waals surface area contributed by atoms with Crippen LogP contribution in [0.2, 0.25) is 0 Å². The predicted octanol–water partition coefficient (Wildman–Crippen LogP) is 3.97. The summed E-state index contributed by atoms with van der Waals surface area (Å²) >= 11 is 0. The van der Waals surface area contributed by atoms with Gasteiger partial charge in [0.05, 0.1) is 29.1 Å². The predicted molar refractivity (Wildman–Crippen MR) is 93.7 cm³/mol. The average Bonchev–Trinajstić information content (AvgIpc) is 3.09. The number of alkyl halides is 3. The minimum absolute atomic E-state index is 0.169. The molecule has 0 radical (unpaired) electrons. The Hall–Kier alpha value is -2.35. The van der Waals surface area contributed by atoms with E-state index >= 15 is 0 Å². The number of halogens is 3. The van der Waals surface area contributed by atoms with Gasteiger partial charge in [-0.2, -0.15) is 18.3 Å². The number of benzene rings is 1. The molecule has 1 aliphatic heterocycles. The first-order chi connectivity index (χ1) is 12.4. The summed E-state index contributed by atoms with van der Waals surface area (Å²) < 4.78 is 46.1. The van der Waals surface area contributed by atoms with Gasteiger partial charge in [0.15, 0.2) is 0 Å². The molecule has 1 aliphatic rings. The van der Waals surface area contributed by atoms with Gasteiger partial charge in [-0.1, -0.05) is 6.07 Å². The third-order valence-corrected chi connectivity index (χ3v) is 4.67. The van der Waals surface area contributed by atoms with Gasteiger partial charge in [-0.25, -0.2) is 4.68 Å². The lowest BCUT2D eigenvalue weighted by Crippen LogP contribution is -2.46. The molecule has 1 aromatic heterocycles. The van der Waals surface area contributed by atoms with E-state index in [0.717, 1.165) is 16.9 Å². The fourth-order valence-electron chi connectivity index (χ4n) is 3.53. The van der Waals surface area contributed by atoms with Crippen molar-refractivity contribution in [3.63, 3.8) is 0 Å². The van der Waals surface area contributed by atoms with Gasteiger partial charge >= 0.3 is 6.18 Å². The van der Waals surface area contributed by atoms with Gasteiger partial charge in [0.25, 0.3) is 5.91 Å². The van der Waals surface area contributed by atoms with Crippen molar-refractivity contribution < 1.29 is 22.7 Å². The fraction of sp³-hybridized carbons (Fsp3) is 0.474. The summed E-state index contributed by atoms with van der Waals surface area (Å²) in [4.78, 5) is 12.7. The van der Waals surface area contributed by atoms with Gasteiger partial charge < -0.3 is 10.1 Å². The van der Waals surface area contributed by atoms with Crippen LogP contribution in [0.4, 0.5) is 13.2 Å². The van der Waals surface area contributed by atoms with Crippen molar-refractivity contribution in [1.29, 1.82) is 0 Å². The molecule has 1 unspecified atom stereocenters. The Morgan fingerprint density at radius 2 is 1.96 bits per heavy atom. The normalized spacial score (nSPS) is 21.2. The topological polar surface area (TPSA) is 56.2 Å². The zero-order valence-electron chi connectivity index (χ0n) is 15.6. The summed E-state index contributed by atoms with van der Waals surface area (Å²) in [5, 5.41) is 6.69. The second kappa shape index (κ2) is 6.37. The van der Waals surface area contributed by atoms with E-state index in [9.17, 15) is 18.0 Å². The Kier molecular flexibility index (Phi) is 4.58. The lowest BCUT2D eigenvalue weighted by atomic mass is 9.94. The molecule has 2 heterocycles. The quantitative estimate of drug-likeness (QED) is 0.875. The van der Waals surface area contributed by atoms with Crippen LogP contribution in [-0.2, 0) is 10.9 Å². The van der Waals surface area contributed by atoms with E-state index in [4.69, 9.17) is 4.74 Å². The molecular formula is C19H22F3N3O2. The maximum absolute atomic E-state index is 13.1. The zero-order valence-corrected chi connectivity index (χ0v) is 15.6. The molecule has 5 nitrogen and oxygen atoms in total. The van der Waals surface area contributed by atoms with Crippen molar-refractivity contribution in [1.82, 2.24) is 15.1 Å². The Bertz CT molecular complexity index is 856. The summed E-state index contributed by atoms with van der Waals surface area (Å²) in [7, 11) is 0. The van der Waals surface area contributed by atoms with Crippen LogP contribution < -0.4 is 5.32 Å². The van der Waals surface area contributed by atoms with Gasteiger partial charge in [-0.3, -0.25) is 4.79 Å². The Balaban J connectivity index is 1.84. The smallest absolute Gasteiger partial charge is 0.367 e. The minimum Gasteiger partial charge on any atom is -0.367 e. The fourth-order valence-corrected chi connectivity index (χ4v) is 3.53. The van der Waals surface area contributed by atoms with Crippen molar-refractivity contribution in [2.75, 3.05) is 0 Å². The molecule has 2 aromatic rings. The molecule has 0 aliphatic carbocycles. The zero-order chi connectivity index (χ0) is 20.0. The highest BCUT2D eigenvalue weighted by Gasteiger charge is 2.46. The summed E-state index contributed by atoms with van der Waals surface area (Å²) in [5.41, 5.74) is -1.37. The van der Waals surface area contributed by atoms with Crippen LogP contribution in [0.25, 0.3) is 5.69 Å². The highest BCUT2D eigenvalue weighted by Crippen LogP contribution is 2.37. The molecule has 1 fully saturated rings. The number of carbonyl (C=O) groups is 1. The maximum Gasteiger partial charge on any atom is 0.433 e. The van der Waals surface area contributed by atoms with Crippen LogP contribution in [0.5, 0.6) is 0 Å². The monoisotopic (exact) mass is 381 g/mol. The van der Waals surface area contributed by atoms with Crippen LogP contribution in [0.3, 0.4) is 0 Å². The molecular weight excluding hydrogens is 359 g/mol. The third kappa shape index (κ3) is 4.00. The van der Waals surface area contributed by atoms with Crippen LogP contribution in [0.15, 0.2) is 36.5 Å². The molecule has 1 atom stereocenters. The summed E-state index contributed by atoms with van der Waals surface area (Å²) in [6, 6.07) is 6.65. The Morgan fingerprint density at radius 3 is 2.56 bits per heavy atom. The van der Waals surface area contributed by atoms with E-state index in [0.29, 0.717) is 6.42 Å². The van der Waals surface area contributed by atoms with Crippen molar-refractivity contribution in [3.8, 4) is 5.69 Å². The van der Waals surface area contributed by atoms with Crippen molar-refractivity contribution >= 4 is 5.91 Å². The third-order valence-electron chi connectivity index (χ3n) is 4.67. The summed E-state index contributed by atoms with van der Waals surface area (Å²) in [5.74, 6) is -0.364. The molecule has 8 heteroatoms. The molecule has 1 aromatic carbocycles. The lowest BCUT2D eigenvalue weighted by Gasteiger charge is -2.27. The van der Waals surface area contributed by atoms with Crippen molar-refractivity contribution in [2.45, 2.75) is 57.5 Å². The van der Waals surface area contributed by atoms with Gasteiger partial charge in [0, 0.05) is 5.56 Å². The Morgan fingerprint density at radius 1 is 1.26 bits per heavy atom. The number of hydrogen-bond donors (Lipinski definition) is 1. The molecule has 0 saturated carbocycles. The van der Waals surface area contributed by atoms with Crippen LogP contribution in [0.1, 0.15) is 50.2 Å². The molecule has 0 bridgehead atoms. The first-order valence-electron chi connectivity index (χ1n) is 8.62. The highest BCUT2D eigenvalue weighted by molar-refractivity contribution is 5.95. The molecule has 1 amide bonds. The van der Waals surface area contributed by atoms with Crippen LogP contribution in [0, 0.1) is 0 Å². The molecule has 1 saturated heterocycles. The summed E-state index contributed by atoms with van der Waals surface area (Å²) in [6.07, 6.45) is -2.82. The number of amides is 1. The number of ether oxygens (including phenoxy) is 1. The van der Waals surface area contributed by atoms with Gasteiger partial charge in [0.2, 0.25) is 0 Å². The van der Waals surface area contributed by atoms with E-state index in [-0.39, 0.29) is 28.8 Å². The minimum atomic E-state index is -4.54. The summed E-state index contributed by atoms with van der Waals surface area (Å²) in [6.45, 7) is 7.72. The van der Waals surface area contributed by atoms with Gasteiger partial charge in [-0.15, -0.1) is 0 Å². The SMILES string of the molecule is CC1(C)CC(NC(=O)c2cccc(-n3nccc3C(F)(F)F)c2)C(C)(C)O1. The lowest BCUT2D eigenvalue weighted by molar-refractivity contribution is -0.142. The van der Waals surface area contributed by atoms with Crippen LogP contribution >= 0.6 is 0 Å². The number of nitrogens with one attached hydrogen (secondary N) is 1. The molecule has 27 heavy (non-hydrogen) atoms. The molecule has 1 N–H and O–H groups in total. The first kappa shape index (κ1) is 19.4. The first-order valence-corrected chi connectivity index (χ1v) is 8.62. The molecule has 0 spiro atoms. The van der Waals surface area contributed by atoms with Gasteiger partial charge in [0.1, 0.15) is 5.69 Å².